The number of benzene rings is 1. The maximum atomic E-state index is 11.8. The van der Waals surface area contributed by atoms with Gasteiger partial charge in [-0.1, -0.05) is 44.3 Å². The average Bonchev–Trinajstić information content (AvgIpc) is 2.38. The summed E-state index contributed by atoms with van der Waals surface area (Å²) in [6, 6.07) is 7.63. The van der Waals surface area contributed by atoms with Crippen molar-refractivity contribution in [3.05, 3.63) is 35.4 Å². The van der Waals surface area contributed by atoms with E-state index in [9.17, 15) is 4.79 Å². The zero-order valence-electron chi connectivity index (χ0n) is 10.9. The fourth-order valence-electron chi connectivity index (χ4n) is 1.83. The molecule has 0 saturated carbocycles. The van der Waals surface area contributed by atoms with Crippen molar-refractivity contribution in [1.29, 1.82) is 0 Å². The summed E-state index contributed by atoms with van der Waals surface area (Å²) in [5.41, 5.74) is 7.42. The number of carbonyl (C=O) groups is 1. The molecule has 1 amide bonds. The van der Waals surface area contributed by atoms with Gasteiger partial charge in [-0.05, 0) is 24.5 Å². The van der Waals surface area contributed by atoms with Crippen molar-refractivity contribution in [2.45, 2.75) is 33.2 Å². The first-order valence-electron chi connectivity index (χ1n) is 6.24. The Hall–Kier alpha value is -1.42. The van der Waals surface area contributed by atoms with Crippen LogP contribution in [0.15, 0.2) is 24.3 Å². The molecule has 4 heteroatoms. The van der Waals surface area contributed by atoms with Gasteiger partial charge in [-0.3, -0.25) is 4.79 Å². The lowest BCUT2D eigenvalue weighted by molar-refractivity contribution is -0.125. The minimum Gasteiger partial charge on any atom is -0.389 e. The highest BCUT2D eigenvalue weighted by molar-refractivity contribution is 7.80. The van der Waals surface area contributed by atoms with Crippen molar-refractivity contribution in [2.24, 2.45) is 11.7 Å². The van der Waals surface area contributed by atoms with Crippen LogP contribution in [-0.4, -0.2) is 10.9 Å². The molecular formula is C14H20N2OS. The molecule has 0 bridgehead atoms. The second-order valence-corrected chi connectivity index (χ2v) is 4.74. The van der Waals surface area contributed by atoms with Crippen molar-refractivity contribution in [2.75, 3.05) is 0 Å². The Morgan fingerprint density at radius 1 is 1.39 bits per heavy atom. The molecule has 1 aromatic rings. The van der Waals surface area contributed by atoms with E-state index in [1.807, 2.05) is 38.1 Å². The van der Waals surface area contributed by atoms with E-state index in [2.05, 4.69) is 5.32 Å². The van der Waals surface area contributed by atoms with Gasteiger partial charge in [0.2, 0.25) is 5.91 Å². The van der Waals surface area contributed by atoms with Crippen LogP contribution in [0.2, 0.25) is 0 Å². The van der Waals surface area contributed by atoms with Gasteiger partial charge in [0.25, 0.3) is 0 Å². The summed E-state index contributed by atoms with van der Waals surface area (Å²) in [5.74, 6) is 0.212. The maximum Gasteiger partial charge on any atom is 0.223 e. The van der Waals surface area contributed by atoms with Crippen LogP contribution in [0, 0.1) is 5.92 Å². The van der Waals surface area contributed by atoms with Crippen molar-refractivity contribution in [3.8, 4) is 0 Å². The Morgan fingerprint density at radius 2 is 2.06 bits per heavy atom. The summed E-state index contributed by atoms with van der Waals surface area (Å²) in [6.45, 7) is 4.58. The standard InChI is InChI=1S/C14H20N2OS/c1-3-11(4-2)14(17)16-9-10-6-5-7-12(8-10)13(15)18/h5-8,11H,3-4,9H2,1-2H3,(H2,15,18)(H,16,17). The third-order valence-electron chi connectivity index (χ3n) is 3.03. The second kappa shape index (κ2) is 7.11. The number of carbonyl (C=O) groups excluding carboxylic acids is 1. The average molecular weight is 264 g/mol. The van der Waals surface area contributed by atoms with Gasteiger partial charge in [0.05, 0.1) is 0 Å². The summed E-state index contributed by atoms with van der Waals surface area (Å²) in [7, 11) is 0. The SMILES string of the molecule is CCC(CC)C(=O)NCc1cccc(C(N)=S)c1. The van der Waals surface area contributed by atoms with Crippen LogP contribution in [0.3, 0.4) is 0 Å². The Bertz CT molecular complexity index is 428. The van der Waals surface area contributed by atoms with Crippen LogP contribution in [0.5, 0.6) is 0 Å². The molecule has 0 aliphatic carbocycles. The van der Waals surface area contributed by atoms with Gasteiger partial charge in [-0.25, -0.2) is 0 Å². The van der Waals surface area contributed by atoms with E-state index < -0.39 is 0 Å². The lowest BCUT2D eigenvalue weighted by Gasteiger charge is -2.13. The first kappa shape index (κ1) is 14.6. The van der Waals surface area contributed by atoms with Gasteiger partial charge in [0.1, 0.15) is 4.99 Å². The van der Waals surface area contributed by atoms with Crippen LogP contribution < -0.4 is 11.1 Å². The smallest absolute Gasteiger partial charge is 0.223 e. The summed E-state index contributed by atoms with van der Waals surface area (Å²) in [6.07, 6.45) is 1.74. The first-order valence-corrected chi connectivity index (χ1v) is 6.65. The van der Waals surface area contributed by atoms with Crippen molar-refractivity contribution < 1.29 is 4.79 Å². The van der Waals surface area contributed by atoms with Gasteiger partial charge < -0.3 is 11.1 Å². The highest BCUT2D eigenvalue weighted by Crippen LogP contribution is 2.09. The molecule has 1 aromatic carbocycles. The Balaban J connectivity index is 2.61. The molecule has 0 saturated heterocycles. The Labute approximate surface area is 114 Å². The van der Waals surface area contributed by atoms with Gasteiger partial charge in [-0.2, -0.15) is 0 Å². The summed E-state index contributed by atoms with van der Waals surface area (Å²) in [4.78, 5) is 12.2. The Kier molecular flexibility index (Phi) is 5.78. The van der Waals surface area contributed by atoms with Crippen LogP contribution in [0.4, 0.5) is 0 Å². The molecule has 0 aliphatic rings. The molecule has 3 N–H and O–H groups in total. The maximum absolute atomic E-state index is 11.8. The molecule has 0 aliphatic heterocycles. The normalized spacial score (nSPS) is 10.4. The van der Waals surface area contributed by atoms with E-state index >= 15 is 0 Å². The lowest BCUT2D eigenvalue weighted by atomic mass is 10.0. The monoisotopic (exact) mass is 264 g/mol. The lowest BCUT2D eigenvalue weighted by Crippen LogP contribution is -2.29. The van der Waals surface area contributed by atoms with Gasteiger partial charge in [0, 0.05) is 18.0 Å². The third-order valence-corrected chi connectivity index (χ3v) is 3.27. The predicted octanol–water partition coefficient (Wildman–Crippen LogP) is 2.37. The van der Waals surface area contributed by atoms with Gasteiger partial charge in [0.15, 0.2) is 0 Å². The van der Waals surface area contributed by atoms with Crippen molar-refractivity contribution >= 4 is 23.1 Å². The quantitative estimate of drug-likeness (QED) is 0.776. The molecule has 0 radical (unpaired) electrons. The highest BCUT2D eigenvalue weighted by atomic mass is 32.1. The number of thiocarbonyl (C=S) groups is 1. The molecule has 0 aromatic heterocycles. The largest absolute Gasteiger partial charge is 0.389 e. The number of hydrogen-bond acceptors (Lipinski definition) is 2. The fourth-order valence-corrected chi connectivity index (χ4v) is 1.95. The number of hydrogen-bond donors (Lipinski definition) is 2. The number of nitrogens with one attached hydrogen (secondary N) is 1. The van der Waals surface area contributed by atoms with E-state index in [1.54, 1.807) is 0 Å². The van der Waals surface area contributed by atoms with Gasteiger partial charge >= 0.3 is 0 Å². The molecule has 0 heterocycles. The summed E-state index contributed by atoms with van der Waals surface area (Å²) in [5, 5.41) is 2.94. The molecule has 1 rings (SSSR count). The zero-order chi connectivity index (χ0) is 13.5. The molecule has 0 unspecified atom stereocenters. The third kappa shape index (κ3) is 4.11. The van der Waals surface area contributed by atoms with Crippen molar-refractivity contribution in [1.82, 2.24) is 5.32 Å². The van der Waals surface area contributed by atoms with Crippen LogP contribution in [0.25, 0.3) is 0 Å². The predicted molar refractivity (Wildman–Crippen MR) is 78.2 cm³/mol. The molecular weight excluding hydrogens is 244 g/mol. The van der Waals surface area contributed by atoms with Crippen molar-refractivity contribution in [3.63, 3.8) is 0 Å². The number of amides is 1. The second-order valence-electron chi connectivity index (χ2n) is 4.30. The molecule has 3 nitrogen and oxygen atoms in total. The Morgan fingerprint density at radius 3 is 2.61 bits per heavy atom. The number of nitrogens with two attached hydrogens (primary N) is 1. The molecule has 0 atom stereocenters. The molecule has 98 valence electrons. The fraction of sp³-hybridized carbons (Fsp3) is 0.429. The minimum absolute atomic E-state index is 0.101. The summed E-state index contributed by atoms with van der Waals surface area (Å²) < 4.78 is 0. The van der Waals surface area contributed by atoms with E-state index in [0.717, 1.165) is 24.0 Å². The van der Waals surface area contributed by atoms with Crippen LogP contribution in [0.1, 0.15) is 37.8 Å². The van der Waals surface area contributed by atoms with Crippen LogP contribution in [-0.2, 0) is 11.3 Å². The van der Waals surface area contributed by atoms with E-state index in [1.165, 1.54) is 0 Å². The number of rotatable bonds is 6. The van der Waals surface area contributed by atoms with Crippen LogP contribution >= 0.6 is 12.2 Å². The summed E-state index contributed by atoms with van der Waals surface area (Å²) >= 11 is 4.93. The van der Waals surface area contributed by atoms with Gasteiger partial charge in [-0.15, -0.1) is 0 Å². The topological polar surface area (TPSA) is 55.1 Å². The minimum atomic E-state index is 0.101. The highest BCUT2D eigenvalue weighted by Gasteiger charge is 2.13. The zero-order valence-corrected chi connectivity index (χ0v) is 11.7. The molecule has 0 spiro atoms. The first-order chi connectivity index (χ1) is 8.58. The molecule has 18 heavy (non-hydrogen) atoms. The van der Waals surface area contributed by atoms with E-state index in [4.69, 9.17) is 18.0 Å². The van der Waals surface area contributed by atoms with E-state index in [0.29, 0.717) is 11.5 Å². The molecule has 0 fully saturated rings. The van der Waals surface area contributed by atoms with E-state index in [-0.39, 0.29) is 11.8 Å².